The summed E-state index contributed by atoms with van der Waals surface area (Å²) in [6.45, 7) is 1.83. The lowest BCUT2D eigenvalue weighted by Crippen LogP contribution is -2.40. The molecule has 2 heterocycles. The van der Waals surface area contributed by atoms with Crippen molar-refractivity contribution in [3.8, 4) is 0 Å². The highest BCUT2D eigenvalue weighted by Gasteiger charge is 2.39. The second kappa shape index (κ2) is 8.45. The SMILES string of the molecule is Cc1cc(CO)c2cccc(Cc3cccc(C(=O)N4C[C@H](O)C[C@H]4C(=O)O)c3)c2n1. The molecule has 7 nitrogen and oxygen atoms in total. The summed E-state index contributed by atoms with van der Waals surface area (Å²) in [6, 6.07) is 13.8. The van der Waals surface area contributed by atoms with E-state index >= 15 is 0 Å². The van der Waals surface area contributed by atoms with Gasteiger partial charge in [0.1, 0.15) is 6.04 Å². The van der Waals surface area contributed by atoms with Crippen molar-refractivity contribution in [1.29, 1.82) is 0 Å². The van der Waals surface area contributed by atoms with Crippen LogP contribution >= 0.6 is 0 Å². The molecular weight excluding hydrogens is 396 g/mol. The number of hydrogen-bond donors (Lipinski definition) is 3. The summed E-state index contributed by atoms with van der Waals surface area (Å²) in [5.41, 5.74) is 4.70. The molecule has 0 saturated carbocycles. The van der Waals surface area contributed by atoms with Gasteiger partial charge in [-0.1, -0.05) is 30.3 Å². The molecule has 1 amide bonds. The number of benzene rings is 2. The number of aliphatic carboxylic acids is 1. The minimum Gasteiger partial charge on any atom is -0.480 e. The van der Waals surface area contributed by atoms with Gasteiger partial charge in [-0.15, -0.1) is 0 Å². The van der Waals surface area contributed by atoms with Gasteiger partial charge in [-0.25, -0.2) is 4.79 Å². The van der Waals surface area contributed by atoms with E-state index in [1.54, 1.807) is 18.2 Å². The number of hydrogen-bond acceptors (Lipinski definition) is 5. The van der Waals surface area contributed by atoms with Crippen molar-refractivity contribution in [2.24, 2.45) is 0 Å². The first kappa shape index (κ1) is 21.0. The number of pyridine rings is 1. The monoisotopic (exact) mass is 420 g/mol. The number of fused-ring (bicyclic) bond motifs is 1. The van der Waals surface area contributed by atoms with Gasteiger partial charge in [0.05, 0.1) is 18.2 Å². The first-order chi connectivity index (χ1) is 14.9. The Morgan fingerprint density at radius 2 is 1.90 bits per heavy atom. The number of carbonyl (C=O) groups excluding carboxylic acids is 1. The van der Waals surface area contributed by atoms with Gasteiger partial charge in [0.15, 0.2) is 0 Å². The van der Waals surface area contributed by atoms with E-state index in [0.717, 1.165) is 33.3 Å². The lowest BCUT2D eigenvalue weighted by atomic mass is 9.98. The number of aryl methyl sites for hydroxylation is 1. The molecular formula is C24H24N2O5. The Kier molecular flexibility index (Phi) is 5.71. The van der Waals surface area contributed by atoms with Crippen molar-refractivity contribution in [2.75, 3.05) is 6.54 Å². The van der Waals surface area contributed by atoms with Crippen LogP contribution in [0.15, 0.2) is 48.5 Å². The lowest BCUT2D eigenvalue weighted by Gasteiger charge is -2.21. The predicted molar refractivity (Wildman–Crippen MR) is 115 cm³/mol. The fourth-order valence-electron chi connectivity index (χ4n) is 4.27. The van der Waals surface area contributed by atoms with Crippen LogP contribution in [-0.2, 0) is 17.8 Å². The van der Waals surface area contributed by atoms with E-state index in [1.165, 1.54) is 4.90 Å². The van der Waals surface area contributed by atoms with Crippen LogP contribution in [-0.4, -0.2) is 55.8 Å². The molecule has 3 aromatic rings. The minimum absolute atomic E-state index is 0.0104. The van der Waals surface area contributed by atoms with E-state index in [4.69, 9.17) is 0 Å². The average molecular weight is 420 g/mol. The highest BCUT2D eigenvalue weighted by Crippen LogP contribution is 2.25. The molecule has 31 heavy (non-hydrogen) atoms. The standard InChI is InChI=1S/C24H24N2O5/c1-14-8-18(13-27)20-7-3-5-16(22(20)25-14)9-15-4-2-6-17(10-15)23(29)26-12-19(28)11-21(26)24(30)31/h2-8,10,19,21,27-28H,9,11-13H2,1H3,(H,30,31)/t19-,21+/m1/s1. The fourth-order valence-corrected chi connectivity index (χ4v) is 4.27. The van der Waals surface area contributed by atoms with Crippen molar-refractivity contribution in [1.82, 2.24) is 9.88 Å². The number of rotatable bonds is 5. The van der Waals surface area contributed by atoms with Crippen LogP contribution in [0.3, 0.4) is 0 Å². The maximum Gasteiger partial charge on any atom is 0.326 e. The smallest absolute Gasteiger partial charge is 0.326 e. The largest absolute Gasteiger partial charge is 0.480 e. The molecule has 0 radical (unpaired) electrons. The van der Waals surface area contributed by atoms with E-state index in [9.17, 15) is 24.9 Å². The van der Waals surface area contributed by atoms with Gasteiger partial charge in [-0.2, -0.15) is 0 Å². The number of amides is 1. The molecule has 2 aromatic carbocycles. The zero-order chi connectivity index (χ0) is 22.1. The maximum atomic E-state index is 13.0. The Balaban J connectivity index is 1.65. The quantitative estimate of drug-likeness (QED) is 0.584. The molecule has 1 aromatic heterocycles. The topological polar surface area (TPSA) is 111 Å². The van der Waals surface area contributed by atoms with E-state index < -0.39 is 24.0 Å². The molecule has 0 aliphatic carbocycles. The zero-order valence-electron chi connectivity index (χ0n) is 17.2. The molecule has 3 N–H and O–H groups in total. The summed E-state index contributed by atoms with van der Waals surface area (Å²) in [7, 11) is 0. The summed E-state index contributed by atoms with van der Waals surface area (Å²) >= 11 is 0. The molecule has 7 heteroatoms. The highest BCUT2D eigenvalue weighted by atomic mass is 16.4. The Morgan fingerprint density at radius 1 is 1.13 bits per heavy atom. The van der Waals surface area contributed by atoms with E-state index in [1.807, 2.05) is 37.3 Å². The molecule has 4 rings (SSSR count). The highest BCUT2D eigenvalue weighted by molar-refractivity contribution is 5.97. The predicted octanol–water partition coefficient (Wildman–Crippen LogP) is 2.29. The van der Waals surface area contributed by atoms with Crippen LogP contribution in [0.5, 0.6) is 0 Å². The molecule has 160 valence electrons. The second-order valence-electron chi connectivity index (χ2n) is 7.97. The van der Waals surface area contributed by atoms with Gasteiger partial charge >= 0.3 is 5.97 Å². The number of β-amino-alcohol motifs (C(OH)–C–C–N with tert-alkyl or cyclic N) is 1. The zero-order valence-corrected chi connectivity index (χ0v) is 17.2. The summed E-state index contributed by atoms with van der Waals surface area (Å²) in [5.74, 6) is -1.52. The number of carboxylic acid groups (broad SMARTS) is 1. The third kappa shape index (κ3) is 4.15. The molecule has 1 aliphatic heterocycles. The van der Waals surface area contributed by atoms with Gasteiger partial charge in [0.25, 0.3) is 5.91 Å². The molecule has 1 saturated heterocycles. The van der Waals surface area contributed by atoms with Crippen molar-refractivity contribution < 1.29 is 24.9 Å². The van der Waals surface area contributed by atoms with E-state index in [0.29, 0.717) is 12.0 Å². The van der Waals surface area contributed by atoms with Crippen LogP contribution in [0.25, 0.3) is 10.9 Å². The number of aliphatic hydroxyl groups excluding tert-OH is 2. The molecule has 0 unspecified atom stereocenters. The number of nitrogens with zero attached hydrogens (tertiary/aromatic N) is 2. The number of aromatic nitrogens is 1. The van der Waals surface area contributed by atoms with Crippen LogP contribution in [0.2, 0.25) is 0 Å². The second-order valence-corrected chi connectivity index (χ2v) is 7.97. The van der Waals surface area contributed by atoms with Crippen LogP contribution < -0.4 is 0 Å². The summed E-state index contributed by atoms with van der Waals surface area (Å²) in [4.78, 5) is 30.3. The Labute approximate surface area is 179 Å². The van der Waals surface area contributed by atoms with Crippen molar-refractivity contribution >= 4 is 22.8 Å². The van der Waals surface area contributed by atoms with Gasteiger partial charge in [-0.3, -0.25) is 9.78 Å². The summed E-state index contributed by atoms with van der Waals surface area (Å²) in [6.07, 6.45) is -0.265. The van der Waals surface area contributed by atoms with Gasteiger partial charge in [-0.05, 0) is 48.2 Å². The first-order valence-corrected chi connectivity index (χ1v) is 10.2. The number of para-hydroxylation sites is 1. The molecule has 0 spiro atoms. The number of carbonyl (C=O) groups is 2. The number of likely N-dealkylation sites (tertiary alicyclic amines) is 1. The number of aliphatic hydroxyl groups is 2. The third-order valence-electron chi connectivity index (χ3n) is 5.70. The third-order valence-corrected chi connectivity index (χ3v) is 5.70. The van der Waals surface area contributed by atoms with E-state index in [2.05, 4.69) is 4.98 Å². The molecule has 1 fully saturated rings. The van der Waals surface area contributed by atoms with Crippen LogP contribution in [0.1, 0.15) is 39.2 Å². The van der Waals surface area contributed by atoms with Crippen molar-refractivity contribution in [2.45, 2.75) is 38.5 Å². The first-order valence-electron chi connectivity index (χ1n) is 10.2. The normalized spacial score (nSPS) is 18.5. The van der Waals surface area contributed by atoms with Crippen molar-refractivity contribution in [3.05, 3.63) is 76.5 Å². The van der Waals surface area contributed by atoms with Crippen LogP contribution in [0.4, 0.5) is 0 Å². The Morgan fingerprint density at radius 3 is 2.65 bits per heavy atom. The van der Waals surface area contributed by atoms with Crippen LogP contribution in [0, 0.1) is 6.92 Å². The molecule has 2 atom stereocenters. The summed E-state index contributed by atoms with van der Waals surface area (Å²) < 4.78 is 0. The molecule has 0 bridgehead atoms. The average Bonchev–Trinajstić information content (AvgIpc) is 3.15. The van der Waals surface area contributed by atoms with Gasteiger partial charge in [0, 0.05) is 29.6 Å². The Hall–Kier alpha value is -3.29. The van der Waals surface area contributed by atoms with Gasteiger partial charge in [0.2, 0.25) is 0 Å². The fraction of sp³-hybridized carbons (Fsp3) is 0.292. The lowest BCUT2D eigenvalue weighted by molar-refractivity contribution is -0.141. The number of carboxylic acids is 1. The minimum atomic E-state index is -1.11. The maximum absolute atomic E-state index is 13.0. The van der Waals surface area contributed by atoms with Gasteiger partial charge < -0.3 is 20.2 Å². The van der Waals surface area contributed by atoms with Crippen molar-refractivity contribution in [3.63, 3.8) is 0 Å². The molecule has 1 aliphatic rings. The summed E-state index contributed by atoms with van der Waals surface area (Å²) in [5, 5.41) is 29.8. The van der Waals surface area contributed by atoms with E-state index in [-0.39, 0.29) is 19.6 Å². The Bertz CT molecular complexity index is 1160.